The van der Waals surface area contributed by atoms with Gasteiger partial charge in [-0.15, -0.1) is 0 Å². The molecule has 110 valence electrons. The maximum absolute atomic E-state index is 13.3. The minimum absolute atomic E-state index is 0.0881. The van der Waals surface area contributed by atoms with Gasteiger partial charge in [-0.1, -0.05) is 17.7 Å². The van der Waals surface area contributed by atoms with Crippen LogP contribution in [-0.4, -0.2) is 7.11 Å². The van der Waals surface area contributed by atoms with Crippen LogP contribution in [0.15, 0.2) is 36.4 Å². The highest BCUT2D eigenvalue weighted by Crippen LogP contribution is 2.41. The van der Waals surface area contributed by atoms with Crippen LogP contribution in [0.2, 0.25) is 5.02 Å². The van der Waals surface area contributed by atoms with Crippen molar-refractivity contribution in [2.45, 2.75) is 18.6 Å². The number of ether oxygens (including phenoxy) is 2. The van der Waals surface area contributed by atoms with Gasteiger partial charge in [-0.2, -0.15) is 0 Å². The van der Waals surface area contributed by atoms with Gasteiger partial charge in [0.05, 0.1) is 12.1 Å². The predicted molar refractivity (Wildman–Crippen MR) is 79.3 cm³/mol. The summed E-state index contributed by atoms with van der Waals surface area (Å²) in [5.74, 6) is 1.03. The lowest BCUT2D eigenvalue weighted by molar-refractivity contribution is 0.161. The minimum atomic E-state index is -0.439. The third-order valence-electron chi connectivity index (χ3n) is 3.67. The molecule has 2 atom stereocenters. The van der Waals surface area contributed by atoms with Crippen molar-refractivity contribution < 1.29 is 13.9 Å². The van der Waals surface area contributed by atoms with Crippen molar-refractivity contribution in [1.29, 1.82) is 0 Å². The number of fused-ring (bicyclic) bond motifs is 1. The molecule has 0 amide bonds. The van der Waals surface area contributed by atoms with E-state index in [2.05, 4.69) is 0 Å². The third kappa shape index (κ3) is 2.69. The fraction of sp³-hybridized carbons (Fsp3) is 0.250. The van der Waals surface area contributed by atoms with Gasteiger partial charge in [0.2, 0.25) is 0 Å². The summed E-state index contributed by atoms with van der Waals surface area (Å²) in [4.78, 5) is 0. The van der Waals surface area contributed by atoms with E-state index in [-0.39, 0.29) is 17.2 Å². The van der Waals surface area contributed by atoms with Crippen molar-refractivity contribution in [2.75, 3.05) is 7.11 Å². The Hall–Kier alpha value is -1.78. The summed E-state index contributed by atoms with van der Waals surface area (Å²) in [5.41, 5.74) is 7.96. The van der Waals surface area contributed by atoms with Crippen molar-refractivity contribution in [3.8, 4) is 11.5 Å². The summed E-state index contributed by atoms with van der Waals surface area (Å²) in [6, 6.07) is 9.98. The highest BCUT2D eigenvalue weighted by atomic mass is 35.5. The van der Waals surface area contributed by atoms with Crippen molar-refractivity contribution in [3.63, 3.8) is 0 Å². The molecule has 1 heterocycles. The third-order valence-corrected chi connectivity index (χ3v) is 3.96. The number of halogens is 2. The van der Waals surface area contributed by atoms with Crippen LogP contribution in [0, 0.1) is 5.82 Å². The van der Waals surface area contributed by atoms with Gasteiger partial charge in [-0.25, -0.2) is 4.39 Å². The molecule has 0 aromatic heterocycles. The second-order valence-electron chi connectivity index (χ2n) is 5.03. The normalized spacial score (nSPS) is 20.6. The number of benzene rings is 2. The van der Waals surface area contributed by atoms with Crippen LogP contribution in [0.25, 0.3) is 0 Å². The van der Waals surface area contributed by atoms with Gasteiger partial charge in [0.1, 0.15) is 23.4 Å². The molecule has 0 saturated heterocycles. The molecule has 0 saturated carbocycles. The van der Waals surface area contributed by atoms with Gasteiger partial charge in [-0.3, -0.25) is 0 Å². The van der Waals surface area contributed by atoms with Crippen molar-refractivity contribution in [2.24, 2.45) is 5.73 Å². The smallest absolute Gasteiger partial charge is 0.141 e. The quantitative estimate of drug-likeness (QED) is 0.911. The molecular weight excluding hydrogens is 293 g/mol. The van der Waals surface area contributed by atoms with E-state index >= 15 is 0 Å². The fourth-order valence-electron chi connectivity index (χ4n) is 2.53. The molecular formula is C16H15ClFNO2. The average molecular weight is 308 g/mol. The SMILES string of the molecule is COc1ccc2c(c1)[C@@H](N)CC(c1ccc(F)c(Cl)c1)O2. The molecule has 0 aliphatic carbocycles. The van der Waals surface area contributed by atoms with E-state index < -0.39 is 5.82 Å². The molecule has 0 radical (unpaired) electrons. The Morgan fingerprint density at radius 2 is 2.10 bits per heavy atom. The van der Waals surface area contributed by atoms with E-state index in [1.165, 1.54) is 6.07 Å². The van der Waals surface area contributed by atoms with Gasteiger partial charge in [-0.05, 0) is 35.9 Å². The Kier molecular flexibility index (Phi) is 3.74. The molecule has 2 aromatic carbocycles. The summed E-state index contributed by atoms with van der Waals surface area (Å²) in [7, 11) is 1.61. The van der Waals surface area contributed by atoms with Gasteiger partial charge in [0, 0.05) is 18.0 Å². The van der Waals surface area contributed by atoms with E-state index in [1.807, 2.05) is 18.2 Å². The summed E-state index contributed by atoms with van der Waals surface area (Å²) in [5, 5.41) is 0.0881. The largest absolute Gasteiger partial charge is 0.497 e. The Bertz CT molecular complexity index is 677. The van der Waals surface area contributed by atoms with Gasteiger partial charge >= 0.3 is 0 Å². The first kappa shape index (κ1) is 14.2. The van der Waals surface area contributed by atoms with Crippen molar-refractivity contribution in [3.05, 3.63) is 58.4 Å². The summed E-state index contributed by atoms with van der Waals surface area (Å²) in [6.07, 6.45) is 0.362. The standard InChI is InChI=1S/C16H15ClFNO2/c1-20-10-3-5-15-11(7-10)14(19)8-16(21-15)9-2-4-13(18)12(17)6-9/h2-7,14,16H,8,19H2,1H3/t14-,16?/m0/s1. The minimum Gasteiger partial charge on any atom is -0.497 e. The first-order valence-electron chi connectivity index (χ1n) is 6.63. The topological polar surface area (TPSA) is 44.5 Å². The molecule has 5 heteroatoms. The first-order valence-corrected chi connectivity index (χ1v) is 7.01. The van der Waals surface area contributed by atoms with Crippen molar-refractivity contribution in [1.82, 2.24) is 0 Å². The molecule has 0 fully saturated rings. The molecule has 1 aliphatic heterocycles. The van der Waals surface area contributed by atoms with Crippen molar-refractivity contribution >= 4 is 11.6 Å². The summed E-state index contributed by atoms with van der Waals surface area (Å²) < 4.78 is 24.4. The zero-order valence-corrected chi connectivity index (χ0v) is 12.2. The Morgan fingerprint density at radius 3 is 2.81 bits per heavy atom. The maximum Gasteiger partial charge on any atom is 0.141 e. The van der Waals surface area contributed by atoms with E-state index in [9.17, 15) is 4.39 Å². The van der Waals surface area contributed by atoms with Crippen LogP contribution in [0.1, 0.15) is 29.7 Å². The molecule has 1 aliphatic rings. The Labute approximate surface area is 127 Å². The van der Waals surface area contributed by atoms with Crippen LogP contribution >= 0.6 is 11.6 Å². The van der Waals surface area contributed by atoms with E-state index in [0.29, 0.717) is 6.42 Å². The number of methoxy groups -OCH3 is 1. The maximum atomic E-state index is 13.3. The predicted octanol–water partition coefficient (Wildman–Crippen LogP) is 4.01. The fourth-order valence-corrected chi connectivity index (χ4v) is 2.72. The zero-order valence-electron chi connectivity index (χ0n) is 11.5. The van der Waals surface area contributed by atoms with Crippen LogP contribution in [-0.2, 0) is 0 Å². The monoisotopic (exact) mass is 307 g/mol. The van der Waals surface area contributed by atoms with E-state index in [0.717, 1.165) is 22.6 Å². The van der Waals surface area contributed by atoms with Crippen LogP contribution in [0.3, 0.4) is 0 Å². The lowest BCUT2D eigenvalue weighted by Crippen LogP contribution is -2.24. The molecule has 3 nitrogen and oxygen atoms in total. The van der Waals surface area contributed by atoms with E-state index in [4.69, 9.17) is 26.8 Å². The lowest BCUT2D eigenvalue weighted by atomic mass is 9.93. The van der Waals surface area contributed by atoms with Crippen LogP contribution in [0.5, 0.6) is 11.5 Å². The highest BCUT2D eigenvalue weighted by molar-refractivity contribution is 6.30. The Balaban J connectivity index is 1.92. The zero-order chi connectivity index (χ0) is 15.0. The Morgan fingerprint density at radius 1 is 1.29 bits per heavy atom. The highest BCUT2D eigenvalue weighted by Gasteiger charge is 2.27. The molecule has 3 rings (SSSR count). The number of nitrogens with two attached hydrogens (primary N) is 1. The van der Waals surface area contributed by atoms with Gasteiger partial charge in [0.15, 0.2) is 0 Å². The molecule has 2 N–H and O–H groups in total. The molecule has 0 spiro atoms. The molecule has 2 aromatic rings. The second kappa shape index (κ2) is 5.54. The molecule has 0 bridgehead atoms. The van der Waals surface area contributed by atoms with Crippen LogP contribution < -0.4 is 15.2 Å². The van der Waals surface area contributed by atoms with Gasteiger partial charge in [0.25, 0.3) is 0 Å². The molecule has 1 unspecified atom stereocenters. The number of hydrogen-bond donors (Lipinski definition) is 1. The number of hydrogen-bond acceptors (Lipinski definition) is 3. The average Bonchev–Trinajstić information content (AvgIpc) is 2.49. The lowest BCUT2D eigenvalue weighted by Gasteiger charge is -2.31. The number of rotatable bonds is 2. The summed E-state index contributed by atoms with van der Waals surface area (Å²) >= 11 is 5.83. The van der Waals surface area contributed by atoms with Gasteiger partial charge < -0.3 is 15.2 Å². The summed E-state index contributed by atoms with van der Waals surface area (Å²) in [6.45, 7) is 0. The van der Waals surface area contributed by atoms with E-state index in [1.54, 1.807) is 19.2 Å². The van der Waals surface area contributed by atoms with Crippen LogP contribution in [0.4, 0.5) is 4.39 Å². The first-order chi connectivity index (χ1) is 10.1. The molecule has 21 heavy (non-hydrogen) atoms. The second-order valence-corrected chi connectivity index (χ2v) is 5.43.